The first-order valence-electron chi connectivity index (χ1n) is 11.0. The Morgan fingerprint density at radius 1 is 1.24 bits per heavy atom. The van der Waals surface area contributed by atoms with Crippen molar-refractivity contribution < 1.29 is 24.6 Å². The number of nitrogens with zero attached hydrogens (tertiary/aromatic N) is 2. The third-order valence-electron chi connectivity index (χ3n) is 6.38. The molecule has 34 heavy (non-hydrogen) atoms. The molecule has 0 aliphatic carbocycles. The first-order chi connectivity index (χ1) is 16.2. The number of rotatable bonds is 7. The number of benzene rings is 1. The van der Waals surface area contributed by atoms with E-state index in [1.807, 2.05) is 0 Å². The minimum absolute atomic E-state index is 0.0182. The van der Waals surface area contributed by atoms with Gasteiger partial charge in [0.2, 0.25) is 5.95 Å². The van der Waals surface area contributed by atoms with Crippen molar-refractivity contribution in [1.29, 1.82) is 0 Å². The Morgan fingerprint density at radius 2 is 1.97 bits per heavy atom. The van der Waals surface area contributed by atoms with Gasteiger partial charge in [0.15, 0.2) is 0 Å². The fraction of sp³-hybridized carbons (Fsp3) is 0.409. The topological polar surface area (TPSA) is 191 Å². The van der Waals surface area contributed by atoms with Gasteiger partial charge < -0.3 is 31.5 Å². The van der Waals surface area contributed by atoms with Crippen LogP contribution in [-0.4, -0.2) is 63.7 Å². The van der Waals surface area contributed by atoms with Crippen molar-refractivity contribution in [2.45, 2.75) is 31.2 Å². The SMILES string of the molecule is Nc1nc2c(c(=O)[nH]1)C1CN(c3ccc(C(=O)NC(CCC(=O)O)C(=O)O)cc3)CCC1CN2. The number of aromatic nitrogens is 2. The number of nitrogens with two attached hydrogens (primary N) is 1. The molecule has 2 aliphatic rings. The number of nitrogen functional groups attached to an aromatic ring is 1. The van der Waals surface area contributed by atoms with Gasteiger partial charge in [-0.15, -0.1) is 0 Å². The third kappa shape index (κ3) is 4.80. The van der Waals surface area contributed by atoms with Crippen LogP contribution in [0.15, 0.2) is 29.1 Å². The highest BCUT2D eigenvalue weighted by Gasteiger charge is 2.37. The van der Waals surface area contributed by atoms with Gasteiger partial charge in [-0.2, -0.15) is 4.98 Å². The first kappa shape index (κ1) is 23.1. The molecule has 3 atom stereocenters. The number of nitrogens with one attached hydrogen (secondary N) is 3. The van der Waals surface area contributed by atoms with E-state index in [9.17, 15) is 24.3 Å². The summed E-state index contributed by atoms with van der Waals surface area (Å²) in [6.07, 6.45) is 0.296. The number of H-pyrrole nitrogens is 1. The molecule has 3 unspecified atom stereocenters. The summed E-state index contributed by atoms with van der Waals surface area (Å²) in [5, 5.41) is 23.6. The van der Waals surface area contributed by atoms with Crippen molar-refractivity contribution in [3.8, 4) is 0 Å². The molecule has 1 fully saturated rings. The highest BCUT2D eigenvalue weighted by molar-refractivity contribution is 5.97. The molecule has 4 rings (SSSR count). The van der Waals surface area contributed by atoms with E-state index in [-0.39, 0.29) is 35.8 Å². The summed E-state index contributed by atoms with van der Waals surface area (Å²) in [6, 6.07) is 5.45. The van der Waals surface area contributed by atoms with Crippen molar-refractivity contribution in [3.63, 3.8) is 0 Å². The number of fused-ring (bicyclic) bond motifs is 3. The van der Waals surface area contributed by atoms with Crippen molar-refractivity contribution >= 4 is 35.3 Å². The molecule has 0 spiro atoms. The molecule has 12 heteroatoms. The standard InChI is InChI=1S/C22H26N6O6/c23-22-26-18-17(20(32)27-22)14-10-28(8-7-12(14)9-24-18)13-3-1-11(2-4-13)19(31)25-15(21(33)34)5-6-16(29)30/h1-4,12,14-15H,5-10H2,(H,25,31)(H,29,30)(H,33,34)(H4,23,24,26,27,32). The highest BCUT2D eigenvalue weighted by Crippen LogP contribution is 2.38. The molecule has 7 N–H and O–H groups in total. The van der Waals surface area contributed by atoms with Crippen LogP contribution >= 0.6 is 0 Å². The van der Waals surface area contributed by atoms with E-state index in [2.05, 4.69) is 25.5 Å². The normalized spacial score (nSPS) is 19.8. The van der Waals surface area contributed by atoms with Crippen LogP contribution in [0.3, 0.4) is 0 Å². The smallest absolute Gasteiger partial charge is 0.326 e. The Hall–Kier alpha value is -4.09. The number of carboxylic acids is 2. The Labute approximate surface area is 194 Å². The van der Waals surface area contributed by atoms with Crippen LogP contribution < -0.4 is 26.8 Å². The average Bonchev–Trinajstić information content (AvgIpc) is 2.80. The zero-order valence-electron chi connectivity index (χ0n) is 18.3. The lowest BCUT2D eigenvalue weighted by Crippen LogP contribution is -2.46. The largest absolute Gasteiger partial charge is 0.481 e. The molecule has 12 nitrogen and oxygen atoms in total. The maximum atomic E-state index is 12.6. The monoisotopic (exact) mass is 470 g/mol. The van der Waals surface area contributed by atoms with E-state index in [1.54, 1.807) is 24.3 Å². The molecule has 0 saturated carbocycles. The number of amides is 1. The molecule has 0 radical (unpaired) electrons. The van der Waals surface area contributed by atoms with E-state index in [1.165, 1.54) is 0 Å². The minimum Gasteiger partial charge on any atom is -0.481 e. The third-order valence-corrected chi connectivity index (χ3v) is 6.38. The number of carbonyl (C=O) groups excluding carboxylic acids is 1. The molecule has 2 aliphatic heterocycles. The number of aromatic amines is 1. The van der Waals surface area contributed by atoms with E-state index in [0.717, 1.165) is 18.7 Å². The van der Waals surface area contributed by atoms with Gasteiger partial charge in [-0.3, -0.25) is 19.4 Å². The molecule has 1 aromatic heterocycles. The second kappa shape index (κ2) is 9.41. The van der Waals surface area contributed by atoms with Crippen molar-refractivity contribution in [2.24, 2.45) is 5.92 Å². The molecule has 0 bridgehead atoms. The van der Waals surface area contributed by atoms with Crippen LogP contribution in [-0.2, 0) is 9.59 Å². The van der Waals surface area contributed by atoms with Gasteiger partial charge in [-0.1, -0.05) is 0 Å². The molecule has 2 aromatic rings. The fourth-order valence-electron chi connectivity index (χ4n) is 4.60. The predicted molar refractivity (Wildman–Crippen MR) is 123 cm³/mol. The number of carboxylic acid groups (broad SMARTS) is 2. The van der Waals surface area contributed by atoms with Gasteiger partial charge in [0.1, 0.15) is 11.9 Å². The quantitative estimate of drug-likeness (QED) is 0.331. The predicted octanol–water partition coefficient (Wildman–Crippen LogP) is 0.436. The summed E-state index contributed by atoms with van der Waals surface area (Å²) < 4.78 is 0. The Balaban J connectivity index is 1.46. The second-order valence-corrected chi connectivity index (χ2v) is 8.54. The van der Waals surface area contributed by atoms with Gasteiger partial charge >= 0.3 is 11.9 Å². The van der Waals surface area contributed by atoms with Gasteiger partial charge in [0.25, 0.3) is 11.5 Å². The molecule has 1 amide bonds. The molecular formula is C22H26N6O6. The first-order valence-corrected chi connectivity index (χ1v) is 11.0. The minimum atomic E-state index is -1.29. The zero-order chi connectivity index (χ0) is 24.4. The van der Waals surface area contributed by atoms with Gasteiger partial charge in [0, 0.05) is 43.2 Å². The summed E-state index contributed by atoms with van der Waals surface area (Å²) in [7, 11) is 0. The number of aliphatic carboxylic acids is 2. The van der Waals surface area contributed by atoms with Gasteiger partial charge in [-0.05, 0) is 43.0 Å². The lowest BCUT2D eigenvalue weighted by molar-refractivity contribution is -0.140. The van der Waals surface area contributed by atoms with Gasteiger partial charge in [-0.25, -0.2) is 4.79 Å². The maximum Gasteiger partial charge on any atom is 0.326 e. The van der Waals surface area contributed by atoms with E-state index in [0.29, 0.717) is 30.4 Å². The summed E-state index contributed by atoms with van der Waals surface area (Å²) in [4.78, 5) is 56.0. The van der Waals surface area contributed by atoms with Crippen LogP contribution in [0.1, 0.15) is 41.1 Å². The second-order valence-electron chi connectivity index (χ2n) is 8.54. The lowest BCUT2D eigenvalue weighted by atomic mass is 9.79. The Morgan fingerprint density at radius 3 is 2.65 bits per heavy atom. The number of piperidine rings is 1. The van der Waals surface area contributed by atoms with Gasteiger partial charge in [0.05, 0.1) is 5.56 Å². The van der Waals surface area contributed by atoms with E-state index < -0.39 is 23.9 Å². The Bertz CT molecular complexity index is 1160. The van der Waals surface area contributed by atoms with Crippen molar-refractivity contribution in [3.05, 3.63) is 45.7 Å². The van der Waals surface area contributed by atoms with Crippen LogP contribution in [0.5, 0.6) is 0 Å². The van der Waals surface area contributed by atoms with E-state index in [4.69, 9.17) is 10.8 Å². The van der Waals surface area contributed by atoms with Crippen molar-refractivity contribution in [1.82, 2.24) is 15.3 Å². The van der Waals surface area contributed by atoms with Crippen LogP contribution in [0.2, 0.25) is 0 Å². The molecule has 3 heterocycles. The summed E-state index contributed by atoms with van der Waals surface area (Å²) in [6.45, 7) is 2.10. The maximum absolute atomic E-state index is 12.6. The zero-order valence-corrected chi connectivity index (χ0v) is 18.3. The molecule has 1 aromatic carbocycles. The van der Waals surface area contributed by atoms with Crippen LogP contribution in [0.4, 0.5) is 17.5 Å². The average molecular weight is 470 g/mol. The lowest BCUT2D eigenvalue weighted by Gasteiger charge is -2.42. The summed E-state index contributed by atoms with van der Waals surface area (Å²) >= 11 is 0. The number of anilines is 3. The summed E-state index contributed by atoms with van der Waals surface area (Å²) in [5.41, 5.74) is 7.18. The van der Waals surface area contributed by atoms with E-state index >= 15 is 0 Å². The number of carbonyl (C=O) groups is 3. The fourth-order valence-corrected chi connectivity index (χ4v) is 4.60. The molecule has 1 saturated heterocycles. The molecular weight excluding hydrogens is 444 g/mol. The highest BCUT2D eigenvalue weighted by atomic mass is 16.4. The Kier molecular flexibility index (Phi) is 6.39. The number of hydrogen-bond donors (Lipinski definition) is 6. The number of hydrogen-bond acceptors (Lipinski definition) is 8. The van der Waals surface area contributed by atoms with Crippen LogP contribution in [0, 0.1) is 5.92 Å². The van der Waals surface area contributed by atoms with Crippen molar-refractivity contribution in [2.75, 3.05) is 35.6 Å². The summed E-state index contributed by atoms with van der Waals surface area (Å²) in [5.74, 6) is -2.15. The van der Waals surface area contributed by atoms with Crippen LogP contribution in [0.25, 0.3) is 0 Å². The molecule has 180 valence electrons.